The van der Waals surface area contributed by atoms with E-state index in [9.17, 15) is 14.9 Å². The number of nitro benzene ring substituents is 1. The van der Waals surface area contributed by atoms with E-state index in [2.05, 4.69) is 0 Å². The normalized spacial score (nSPS) is 11.3. The highest BCUT2D eigenvalue weighted by molar-refractivity contribution is 6.11. The molecule has 0 saturated carbocycles. The lowest BCUT2D eigenvalue weighted by Crippen LogP contribution is -2.05. The molecule has 0 bridgehead atoms. The van der Waals surface area contributed by atoms with Gasteiger partial charge in [-0.3, -0.25) is 14.9 Å². The fourth-order valence-corrected chi connectivity index (χ4v) is 2.74. The highest BCUT2D eigenvalue weighted by Crippen LogP contribution is 2.27. The van der Waals surface area contributed by atoms with Crippen LogP contribution in [0.25, 0.3) is 11.6 Å². The predicted molar refractivity (Wildman–Crippen MR) is 99.8 cm³/mol. The lowest BCUT2D eigenvalue weighted by atomic mass is 9.98. The smallest absolute Gasteiger partial charge is 0.280 e. The molecule has 0 N–H and O–H groups in total. The quantitative estimate of drug-likeness (QED) is 0.341. The van der Waals surface area contributed by atoms with Gasteiger partial charge in [0.15, 0.2) is 5.78 Å². The Balaban J connectivity index is 2.07. The second-order valence-corrected chi connectivity index (χ2v) is 5.73. The van der Waals surface area contributed by atoms with Crippen LogP contribution in [-0.4, -0.2) is 10.7 Å². The Labute approximate surface area is 150 Å². The molecule has 130 valence electrons. The summed E-state index contributed by atoms with van der Waals surface area (Å²) in [5.74, 6) is 0.366. The van der Waals surface area contributed by atoms with Crippen LogP contribution in [0.4, 0.5) is 5.69 Å². The topological polar surface area (TPSA) is 73.3 Å². The first-order valence-corrected chi connectivity index (χ1v) is 8.22. The number of carbonyl (C=O) groups excluding carboxylic acids is 1. The molecule has 26 heavy (non-hydrogen) atoms. The minimum absolute atomic E-state index is 0.0739. The van der Waals surface area contributed by atoms with Crippen molar-refractivity contribution in [3.05, 3.63) is 99.5 Å². The highest BCUT2D eigenvalue weighted by atomic mass is 16.6. The van der Waals surface area contributed by atoms with Crippen LogP contribution in [0.2, 0.25) is 0 Å². The van der Waals surface area contributed by atoms with Crippen molar-refractivity contribution in [2.24, 2.45) is 0 Å². The van der Waals surface area contributed by atoms with Crippen molar-refractivity contribution in [2.75, 3.05) is 0 Å². The monoisotopic (exact) mass is 347 g/mol. The molecule has 3 rings (SSSR count). The van der Waals surface area contributed by atoms with E-state index in [-0.39, 0.29) is 17.0 Å². The minimum Gasteiger partial charge on any atom is -0.465 e. The van der Waals surface area contributed by atoms with Crippen molar-refractivity contribution < 1.29 is 14.1 Å². The number of carbonyl (C=O) groups is 1. The van der Waals surface area contributed by atoms with Crippen LogP contribution >= 0.6 is 0 Å². The molecule has 0 radical (unpaired) electrons. The van der Waals surface area contributed by atoms with Gasteiger partial charge in [0, 0.05) is 11.6 Å². The molecule has 5 nitrogen and oxygen atoms in total. The third-order valence-electron chi connectivity index (χ3n) is 4.06. The Morgan fingerprint density at radius 3 is 2.50 bits per heavy atom. The molecule has 0 unspecified atom stereocenters. The van der Waals surface area contributed by atoms with Crippen LogP contribution in [-0.2, 0) is 0 Å². The number of benzene rings is 2. The van der Waals surface area contributed by atoms with Crippen LogP contribution in [0.3, 0.4) is 0 Å². The maximum atomic E-state index is 12.8. The van der Waals surface area contributed by atoms with E-state index in [4.69, 9.17) is 4.42 Å². The Hall–Kier alpha value is -3.47. The molecule has 3 aromatic rings. The fraction of sp³-hybridized carbons (Fsp3) is 0.0952. The van der Waals surface area contributed by atoms with Gasteiger partial charge in [-0.25, -0.2) is 0 Å². The van der Waals surface area contributed by atoms with Gasteiger partial charge in [0.1, 0.15) is 11.3 Å². The van der Waals surface area contributed by atoms with E-state index in [0.29, 0.717) is 11.1 Å². The van der Waals surface area contributed by atoms with Crippen molar-refractivity contribution in [1.82, 2.24) is 0 Å². The first kappa shape index (κ1) is 17.4. The molecule has 0 aliphatic carbocycles. The first-order valence-electron chi connectivity index (χ1n) is 8.22. The number of furan rings is 1. The first-order chi connectivity index (χ1) is 12.6. The number of nitrogens with zero attached hydrogens (tertiary/aromatic N) is 1. The second kappa shape index (κ2) is 7.61. The summed E-state index contributed by atoms with van der Waals surface area (Å²) in [5, 5.41) is 11.4. The van der Waals surface area contributed by atoms with Crippen LogP contribution in [0.5, 0.6) is 0 Å². The lowest BCUT2D eigenvalue weighted by Gasteiger charge is -2.06. The maximum Gasteiger partial charge on any atom is 0.280 e. The van der Waals surface area contributed by atoms with Gasteiger partial charge >= 0.3 is 0 Å². The van der Waals surface area contributed by atoms with Crippen molar-refractivity contribution in [1.29, 1.82) is 0 Å². The van der Waals surface area contributed by atoms with Crippen LogP contribution in [0.1, 0.15) is 40.6 Å². The van der Waals surface area contributed by atoms with Gasteiger partial charge in [-0.2, -0.15) is 0 Å². The largest absolute Gasteiger partial charge is 0.465 e. The fourth-order valence-electron chi connectivity index (χ4n) is 2.74. The van der Waals surface area contributed by atoms with E-state index in [0.717, 1.165) is 17.8 Å². The number of rotatable bonds is 6. The van der Waals surface area contributed by atoms with Crippen LogP contribution in [0, 0.1) is 10.1 Å². The van der Waals surface area contributed by atoms with Gasteiger partial charge in [-0.15, -0.1) is 0 Å². The summed E-state index contributed by atoms with van der Waals surface area (Å²) in [6, 6.07) is 16.8. The van der Waals surface area contributed by atoms with E-state index < -0.39 is 4.92 Å². The molecule has 5 heteroatoms. The highest BCUT2D eigenvalue weighted by Gasteiger charge is 2.21. The lowest BCUT2D eigenvalue weighted by molar-refractivity contribution is -0.385. The van der Waals surface area contributed by atoms with Gasteiger partial charge in [-0.1, -0.05) is 37.3 Å². The molecule has 0 saturated heterocycles. The number of nitro groups is 1. The molecule has 1 heterocycles. The second-order valence-electron chi connectivity index (χ2n) is 5.73. The summed E-state index contributed by atoms with van der Waals surface area (Å²) >= 11 is 0. The zero-order valence-electron chi connectivity index (χ0n) is 14.2. The third kappa shape index (κ3) is 3.62. The molecule has 0 amide bonds. The van der Waals surface area contributed by atoms with Crippen molar-refractivity contribution in [3.8, 4) is 0 Å². The summed E-state index contributed by atoms with van der Waals surface area (Å²) in [5.41, 5.74) is 1.94. The average molecular weight is 347 g/mol. The third-order valence-corrected chi connectivity index (χ3v) is 4.06. The molecule has 0 fully saturated rings. The van der Waals surface area contributed by atoms with Crippen molar-refractivity contribution in [3.63, 3.8) is 0 Å². The van der Waals surface area contributed by atoms with E-state index in [1.54, 1.807) is 54.8 Å². The number of ketones is 1. The van der Waals surface area contributed by atoms with Crippen LogP contribution in [0.15, 0.2) is 71.3 Å². The van der Waals surface area contributed by atoms with E-state index in [1.807, 2.05) is 19.1 Å². The van der Waals surface area contributed by atoms with Gasteiger partial charge in [0.2, 0.25) is 0 Å². The van der Waals surface area contributed by atoms with Crippen molar-refractivity contribution in [2.45, 2.75) is 13.3 Å². The summed E-state index contributed by atoms with van der Waals surface area (Å²) in [6.07, 6.45) is 4.20. The van der Waals surface area contributed by atoms with Gasteiger partial charge in [0.25, 0.3) is 5.69 Å². The zero-order valence-corrected chi connectivity index (χ0v) is 14.2. The maximum absolute atomic E-state index is 12.8. The number of hydrogen-bond donors (Lipinski definition) is 0. The molecule has 0 aliphatic rings. The molecule has 2 aromatic carbocycles. The Morgan fingerprint density at radius 2 is 1.88 bits per heavy atom. The Morgan fingerprint density at radius 1 is 1.12 bits per heavy atom. The van der Waals surface area contributed by atoms with E-state index >= 15 is 0 Å². The summed E-state index contributed by atoms with van der Waals surface area (Å²) in [7, 11) is 0. The Bertz CT molecular complexity index is 957. The van der Waals surface area contributed by atoms with Gasteiger partial charge in [0.05, 0.1) is 11.2 Å². The molecular formula is C21H17NO4. The standard InChI is InChI=1S/C21H17NO4/c1-2-16(20-9-6-12-26-20)13-15-10-11-19(22(24)25)18(14-15)21(23)17-7-4-3-5-8-17/h3-14H,2H2,1H3. The van der Waals surface area contributed by atoms with E-state index in [1.165, 1.54) is 6.07 Å². The minimum atomic E-state index is -0.531. The van der Waals surface area contributed by atoms with Gasteiger partial charge < -0.3 is 4.42 Å². The molecule has 0 aliphatic heterocycles. The predicted octanol–water partition coefficient (Wildman–Crippen LogP) is 5.37. The zero-order chi connectivity index (χ0) is 18.5. The average Bonchev–Trinajstić information content (AvgIpc) is 3.20. The number of allylic oxidation sites excluding steroid dienone is 1. The molecule has 0 atom stereocenters. The molecule has 0 spiro atoms. The summed E-state index contributed by atoms with van der Waals surface area (Å²) in [6.45, 7) is 2.00. The molecule has 1 aromatic heterocycles. The van der Waals surface area contributed by atoms with Crippen LogP contribution < -0.4 is 0 Å². The Kier molecular flexibility index (Phi) is 5.08. The number of hydrogen-bond acceptors (Lipinski definition) is 4. The molecular weight excluding hydrogens is 330 g/mol. The van der Waals surface area contributed by atoms with Crippen molar-refractivity contribution >= 4 is 23.1 Å². The van der Waals surface area contributed by atoms with Gasteiger partial charge in [-0.05, 0) is 47.9 Å². The summed E-state index contributed by atoms with van der Waals surface area (Å²) < 4.78 is 5.42. The summed E-state index contributed by atoms with van der Waals surface area (Å²) in [4.78, 5) is 23.6. The SMILES string of the molecule is CCC(=Cc1ccc([N+](=O)[O-])c(C(=O)c2ccccc2)c1)c1ccco1.